The van der Waals surface area contributed by atoms with Crippen molar-refractivity contribution >= 4 is 43.7 Å². The summed E-state index contributed by atoms with van der Waals surface area (Å²) in [6, 6.07) is -0.960. The lowest BCUT2D eigenvalue weighted by molar-refractivity contribution is -0.152. The quantitative estimate of drug-likeness (QED) is 0.0787. The number of primary sulfonamides is 1. The second kappa shape index (κ2) is 19.1. The van der Waals surface area contributed by atoms with Crippen LogP contribution in [0.1, 0.15) is 130 Å². The molecule has 0 aromatic carbocycles. The Morgan fingerprint density at radius 3 is 1.91 bits per heavy atom. The van der Waals surface area contributed by atoms with Gasteiger partial charge in [-0.25, -0.2) is 26.8 Å². The van der Waals surface area contributed by atoms with E-state index >= 15 is 0 Å². The predicted octanol–water partition coefficient (Wildman–Crippen LogP) is 6.87. The Hall–Kier alpha value is -1.57. The summed E-state index contributed by atoms with van der Waals surface area (Å²) in [5.74, 6) is -0.461. The SMILES string of the molecule is CCCCCCCCCCCCCCCCCC(=O)OCOC(=O)N(CC)[C@H]1C=C(S(N)(=O)=O)SC2=C1C[C@H](C)S2(=O)=O. The van der Waals surface area contributed by atoms with Crippen molar-refractivity contribution in [3.05, 3.63) is 20.1 Å². The van der Waals surface area contributed by atoms with Gasteiger partial charge in [0.25, 0.3) is 0 Å². The fourth-order valence-corrected chi connectivity index (χ4v) is 9.87. The minimum atomic E-state index is -4.21. The van der Waals surface area contributed by atoms with Crippen LogP contribution in [0, 0.1) is 0 Å². The summed E-state index contributed by atoms with van der Waals surface area (Å²) in [5.41, 5.74) is 0.425. The molecule has 0 saturated heterocycles. The fourth-order valence-electron chi connectivity index (χ4n) is 5.40. The van der Waals surface area contributed by atoms with Gasteiger partial charge in [-0.15, -0.1) is 0 Å². The number of nitrogens with two attached hydrogens (primary N) is 1. The van der Waals surface area contributed by atoms with Gasteiger partial charge in [-0.05, 0) is 38.3 Å². The normalized spacial score (nSPS) is 19.6. The van der Waals surface area contributed by atoms with Crippen molar-refractivity contribution in [3.8, 4) is 0 Å². The number of sulfonamides is 1. The summed E-state index contributed by atoms with van der Waals surface area (Å²) < 4.78 is 59.5. The Morgan fingerprint density at radius 2 is 1.42 bits per heavy atom. The molecule has 2 aliphatic rings. The van der Waals surface area contributed by atoms with Crippen LogP contribution >= 0.6 is 11.8 Å². The molecule has 0 fully saturated rings. The van der Waals surface area contributed by atoms with Crippen LogP contribution in [0.4, 0.5) is 4.79 Å². The first-order valence-electron chi connectivity index (χ1n) is 15.9. The predicted molar refractivity (Wildman–Crippen MR) is 172 cm³/mol. The molecule has 1 amide bonds. The Bertz CT molecular complexity index is 1180. The maximum atomic E-state index is 12.9. The summed E-state index contributed by atoms with van der Waals surface area (Å²) in [5, 5.41) is 4.54. The van der Waals surface area contributed by atoms with Gasteiger partial charge >= 0.3 is 12.1 Å². The molecular weight excluding hydrogens is 613 g/mol. The Kier molecular flexibility index (Phi) is 16.7. The van der Waals surface area contributed by atoms with E-state index in [2.05, 4.69) is 6.92 Å². The highest BCUT2D eigenvalue weighted by molar-refractivity contribution is 8.27. The smallest absolute Gasteiger partial charge is 0.413 e. The Morgan fingerprint density at radius 1 is 0.907 bits per heavy atom. The zero-order valence-electron chi connectivity index (χ0n) is 26.2. The van der Waals surface area contributed by atoms with Crippen LogP contribution < -0.4 is 5.14 Å². The lowest BCUT2D eigenvalue weighted by Gasteiger charge is -2.31. The highest BCUT2D eigenvalue weighted by Gasteiger charge is 2.45. The minimum Gasteiger partial charge on any atom is -0.428 e. The van der Waals surface area contributed by atoms with Crippen LogP contribution in [0.15, 0.2) is 20.1 Å². The lowest BCUT2D eigenvalue weighted by atomic mass is 10.0. The fraction of sp³-hybridized carbons (Fsp3) is 0.800. The number of esters is 1. The molecule has 0 aliphatic carbocycles. The largest absolute Gasteiger partial charge is 0.428 e. The standard InChI is InChI=1S/C30H52N2O8S3/c1-4-6-7-8-9-10-11-12-13-14-15-16-17-18-19-20-27(33)39-23-40-30(34)32(5-2)26-22-28(43(31,37)38)41-29-25(26)21-24(3)42(29,35)36/h22,24,26H,4-21,23H2,1-3H3,(H2,31,37,38)/t24-,26-/m0/s1. The third kappa shape index (κ3) is 12.4. The molecule has 2 heterocycles. The van der Waals surface area contributed by atoms with E-state index in [1.807, 2.05) is 0 Å². The second-order valence-corrected chi connectivity index (χ2v) is 16.9. The van der Waals surface area contributed by atoms with Crippen molar-refractivity contribution in [2.45, 2.75) is 141 Å². The molecule has 2 rings (SSSR count). The van der Waals surface area contributed by atoms with E-state index in [1.54, 1.807) is 6.92 Å². The van der Waals surface area contributed by atoms with Gasteiger partial charge in [0.15, 0.2) is 9.84 Å². The van der Waals surface area contributed by atoms with Gasteiger partial charge in [0.05, 0.1) is 11.3 Å². The summed E-state index contributed by atoms with van der Waals surface area (Å²) in [7, 11) is -7.95. The highest BCUT2D eigenvalue weighted by Crippen LogP contribution is 2.48. The van der Waals surface area contributed by atoms with Gasteiger partial charge in [-0.2, -0.15) is 0 Å². The van der Waals surface area contributed by atoms with E-state index in [0.717, 1.165) is 19.3 Å². The number of carbonyl (C=O) groups excluding carboxylic acids is 2. The van der Waals surface area contributed by atoms with Crippen LogP contribution in [0.2, 0.25) is 0 Å². The first-order valence-corrected chi connectivity index (χ1v) is 19.8. The molecule has 0 bridgehead atoms. The zero-order valence-corrected chi connectivity index (χ0v) is 28.6. The van der Waals surface area contributed by atoms with E-state index in [9.17, 15) is 26.4 Å². The molecule has 2 aliphatic heterocycles. The molecule has 248 valence electrons. The molecule has 0 radical (unpaired) electrons. The van der Waals surface area contributed by atoms with Crippen molar-refractivity contribution in [1.82, 2.24) is 4.90 Å². The average molecular weight is 665 g/mol. The van der Waals surface area contributed by atoms with Crippen LogP contribution in [-0.2, 0) is 34.1 Å². The van der Waals surface area contributed by atoms with Gasteiger partial charge in [0.1, 0.15) is 8.47 Å². The van der Waals surface area contributed by atoms with Gasteiger partial charge in [-0.1, -0.05) is 109 Å². The lowest BCUT2D eigenvalue weighted by Crippen LogP contribution is -2.42. The zero-order chi connectivity index (χ0) is 31.9. The van der Waals surface area contributed by atoms with Crippen molar-refractivity contribution in [3.63, 3.8) is 0 Å². The first-order chi connectivity index (χ1) is 20.4. The molecule has 0 spiro atoms. The summed E-state index contributed by atoms with van der Waals surface area (Å²) >= 11 is 0.597. The number of hydrogen-bond acceptors (Lipinski definition) is 9. The van der Waals surface area contributed by atoms with Crippen molar-refractivity contribution in [1.29, 1.82) is 0 Å². The van der Waals surface area contributed by atoms with Crippen LogP contribution in [0.3, 0.4) is 0 Å². The number of amides is 1. The second-order valence-electron chi connectivity index (χ2n) is 11.5. The van der Waals surface area contributed by atoms with Crippen molar-refractivity contribution in [2.75, 3.05) is 13.3 Å². The molecule has 43 heavy (non-hydrogen) atoms. The first kappa shape index (κ1) is 37.6. The van der Waals surface area contributed by atoms with Gasteiger partial charge in [0.2, 0.25) is 16.8 Å². The third-order valence-electron chi connectivity index (χ3n) is 7.98. The molecular formula is C30H52N2O8S3. The summed E-state index contributed by atoms with van der Waals surface area (Å²) in [6.07, 6.45) is 19.3. The third-order valence-corrected chi connectivity index (χ3v) is 13.4. The van der Waals surface area contributed by atoms with Gasteiger partial charge in [0, 0.05) is 13.0 Å². The molecule has 0 aromatic heterocycles. The van der Waals surface area contributed by atoms with Crippen LogP contribution in [0.5, 0.6) is 0 Å². The summed E-state index contributed by atoms with van der Waals surface area (Å²) in [6.45, 7) is 4.95. The van der Waals surface area contributed by atoms with Crippen LogP contribution in [-0.4, -0.2) is 58.4 Å². The number of ether oxygens (including phenoxy) is 2. The minimum absolute atomic E-state index is 0.0855. The van der Waals surface area contributed by atoms with Gasteiger partial charge in [-0.3, -0.25) is 9.69 Å². The van der Waals surface area contributed by atoms with E-state index < -0.39 is 50.0 Å². The van der Waals surface area contributed by atoms with Crippen LogP contribution in [0.25, 0.3) is 0 Å². The Labute approximate surface area is 263 Å². The number of sulfone groups is 1. The topological polar surface area (TPSA) is 150 Å². The maximum Gasteiger partial charge on any atom is 0.413 e. The molecule has 0 aromatic rings. The number of thioether (sulfide) groups is 1. The Balaban J connectivity index is 1.65. The molecule has 2 atom stereocenters. The van der Waals surface area contributed by atoms with Crippen molar-refractivity contribution < 1.29 is 35.9 Å². The maximum absolute atomic E-state index is 12.9. The summed E-state index contributed by atoms with van der Waals surface area (Å²) in [4.78, 5) is 26.2. The monoisotopic (exact) mass is 664 g/mol. The van der Waals surface area contributed by atoms with Crippen molar-refractivity contribution in [2.24, 2.45) is 5.14 Å². The molecule has 2 N–H and O–H groups in total. The van der Waals surface area contributed by atoms with Gasteiger partial charge < -0.3 is 9.47 Å². The van der Waals surface area contributed by atoms with E-state index in [0.29, 0.717) is 23.8 Å². The highest BCUT2D eigenvalue weighted by atomic mass is 32.3. The number of nitrogens with zero attached hydrogens (tertiary/aromatic N) is 1. The number of unbranched alkanes of at least 4 members (excludes halogenated alkanes) is 14. The molecule has 0 unspecified atom stereocenters. The molecule has 0 saturated carbocycles. The van der Waals surface area contributed by atoms with E-state index in [1.165, 1.54) is 88.5 Å². The number of carbonyl (C=O) groups is 2. The molecule has 10 nitrogen and oxygen atoms in total. The number of hydrogen-bond donors (Lipinski definition) is 1. The number of likely N-dealkylation sites (N-methyl/N-ethyl adjacent to an activating group) is 1. The molecule has 13 heteroatoms. The average Bonchev–Trinajstić information content (AvgIpc) is 3.18. The number of rotatable bonds is 21. The van der Waals surface area contributed by atoms with E-state index in [-0.39, 0.29) is 27.9 Å². The van der Waals surface area contributed by atoms with E-state index in [4.69, 9.17) is 14.6 Å².